The number of hydrogen-bond acceptors (Lipinski definition) is 5. The van der Waals surface area contributed by atoms with Gasteiger partial charge in [0.25, 0.3) is 5.91 Å². The Morgan fingerprint density at radius 3 is 2.38 bits per heavy atom. The molecular formula is C14H16N2O3S2. The van der Waals surface area contributed by atoms with Crippen LogP contribution in [0.4, 0.5) is 0 Å². The van der Waals surface area contributed by atoms with Gasteiger partial charge in [0.2, 0.25) is 10.0 Å². The lowest BCUT2D eigenvalue weighted by Gasteiger charge is -2.05. The van der Waals surface area contributed by atoms with Crippen LogP contribution in [0, 0.1) is 0 Å². The fourth-order valence-electron chi connectivity index (χ4n) is 1.74. The number of thiazole rings is 1. The molecule has 21 heavy (non-hydrogen) atoms. The maximum absolute atomic E-state index is 11.7. The van der Waals surface area contributed by atoms with Crippen molar-refractivity contribution < 1.29 is 13.2 Å². The lowest BCUT2D eigenvalue weighted by Crippen LogP contribution is -2.29. The molecule has 1 heterocycles. The summed E-state index contributed by atoms with van der Waals surface area (Å²) in [5, 5.41) is 2.23. The molecule has 0 bridgehead atoms. The Labute approximate surface area is 128 Å². The standard InChI is InChI=1S/C14H16N2O3S2/c1-9(2)10-4-6-11(7-5-10)14-15-12(8-20-14)13(17)16-21(3,18)19/h4-9H,1-3H3,(H,16,17). The molecule has 0 saturated carbocycles. The van der Waals surface area contributed by atoms with Crippen molar-refractivity contribution in [2.45, 2.75) is 19.8 Å². The summed E-state index contributed by atoms with van der Waals surface area (Å²) in [6, 6.07) is 7.95. The van der Waals surface area contributed by atoms with E-state index in [-0.39, 0.29) is 5.69 Å². The van der Waals surface area contributed by atoms with Crippen LogP contribution in [0.25, 0.3) is 10.6 Å². The lowest BCUT2D eigenvalue weighted by atomic mass is 10.0. The molecule has 0 fully saturated rings. The van der Waals surface area contributed by atoms with Crippen LogP contribution in [0.5, 0.6) is 0 Å². The minimum absolute atomic E-state index is 0.105. The van der Waals surface area contributed by atoms with E-state index in [9.17, 15) is 13.2 Å². The van der Waals surface area contributed by atoms with E-state index in [0.717, 1.165) is 11.8 Å². The second-order valence-electron chi connectivity index (χ2n) is 5.02. The Morgan fingerprint density at radius 2 is 1.86 bits per heavy atom. The molecule has 1 N–H and O–H groups in total. The van der Waals surface area contributed by atoms with Crippen LogP contribution in [0.3, 0.4) is 0 Å². The van der Waals surface area contributed by atoms with Gasteiger partial charge in [-0.2, -0.15) is 0 Å². The van der Waals surface area contributed by atoms with Gasteiger partial charge in [0.15, 0.2) is 0 Å². The molecule has 112 valence electrons. The molecule has 0 saturated heterocycles. The second-order valence-corrected chi connectivity index (χ2v) is 7.62. The Hall–Kier alpha value is -1.73. The van der Waals surface area contributed by atoms with Crippen molar-refractivity contribution in [3.8, 4) is 10.6 Å². The number of nitrogens with one attached hydrogen (secondary N) is 1. The molecule has 1 amide bonds. The zero-order chi connectivity index (χ0) is 15.6. The molecule has 0 unspecified atom stereocenters. The number of hydrogen-bond donors (Lipinski definition) is 1. The van der Waals surface area contributed by atoms with Crippen LogP contribution >= 0.6 is 11.3 Å². The summed E-state index contributed by atoms with van der Waals surface area (Å²) in [6.07, 6.45) is 0.933. The number of aromatic nitrogens is 1. The summed E-state index contributed by atoms with van der Waals surface area (Å²) in [4.78, 5) is 15.9. The third kappa shape index (κ3) is 4.12. The zero-order valence-electron chi connectivity index (χ0n) is 12.0. The maximum Gasteiger partial charge on any atom is 0.284 e. The summed E-state index contributed by atoms with van der Waals surface area (Å²) in [7, 11) is -3.58. The highest BCUT2D eigenvalue weighted by molar-refractivity contribution is 7.89. The van der Waals surface area contributed by atoms with Gasteiger partial charge in [-0.15, -0.1) is 11.3 Å². The first-order chi connectivity index (χ1) is 9.76. The quantitative estimate of drug-likeness (QED) is 0.938. The average molecular weight is 324 g/mol. The molecule has 0 aliphatic rings. The van der Waals surface area contributed by atoms with Gasteiger partial charge in [0.05, 0.1) is 6.26 Å². The van der Waals surface area contributed by atoms with Gasteiger partial charge < -0.3 is 0 Å². The van der Waals surface area contributed by atoms with Gasteiger partial charge in [-0.1, -0.05) is 38.1 Å². The molecule has 1 aromatic heterocycles. The molecule has 0 radical (unpaired) electrons. The number of benzene rings is 1. The molecule has 0 atom stereocenters. The predicted octanol–water partition coefficient (Wildman–Crippen LogP) is 2.62. The van der Waals surface area contributed by atoms with Gasteiger partial charge in [0, 0.05) is 10.9 Å². The molecule has 5 nitrogen and oxygen atoms in total. The van der Waals surface area contributed by atoms with Crippen molar-refractivity contribution in [1.29, 1.82) is 0 Å². The van der Waals surface area contributed by atoms with Gasteiger partial charge in [-0.25, -0.2) is 18.1 Å². The van der Waals surface area contributed by atoms with Crippen LogP contribution in [0.2, 0.25) is 0 Å². The zero-order valence-corrected chi connectivity index (χ0v) is 13.6. The number of carbonyl (C=O) groups excluding carboxylic acids is 1. The van der Waals surface area contributed by atoms with Gasteiger partial charge in [-0.05, 0) is 11.5 Å². The van der Waals surface area contributed by atoms with Gasteiger partial charge >= 0.3 is 0 Å². The van der Waals surface area contributed by atoms with E-state index in [2.05, 4.69) is 18.8 Å². The van der Waals surface area contributed by atoms with Crippen LogP contribution < -0.4 is 4.72 Å². The van der Waals surface area contributed by atoms with E-state index >= 15 is 0 Å². The molecule has 2 rings (SSSR count). The van der Waals surface area contributed by atoms with Crippen molar-refractivity contribution in [2.24, 2.45) is 0 Å². The number of rotatable bonds is 4. The Morgan fingerprint density at radius 1 is 1.24 bits per heavy atom. The Bertz CT molecular complexity index is 747. The van der Waals surface area contributed by atoms with Gasteiger partial charge in [-0.3, -0.25) is 4.79 Å². The van der Waals surface area contributed by atoms with E-state index < -0.39 is 15.9 Å². The maximum atomic E-state index is 11.7. The fraction of sp³-hybridized carbons (Fsp3) is 0.286. The summed E-state index contributed by atoms with van der Waals surface area (Å²) >= 11 is 1.30. The van der Waals surface area contributed by atoms with Crippen molar-refractivity contribution in [2.75, 3.05) is 6.26 Å². The third-order valence-corrected chi connectivity index (χ3v) is 4.29. The van der Waals surface area contributed by atoms with Crippen molar-refractivity contribution in [1.82, 2.24) is 9.71 Å². The first-order valence-corrected chi connectivity index (χ1v) is 9.11. The van der Waals surface area contributed by atoms with Gasteiger partial charge in [0.1, 0.15) is 10.7 Å². The number of nitrogens with zero attached hydrogens (tertiary/aromatic N) is 1. The molecule has 1 aromatic carbocycles. The molecule has 0 aliphatic heterocycles. The van der Waals surface area contributed by atoms with Crippen molar-refractivity contribution in [3.63, 3.8) is 0 Å². The minimum atomic E-state index is -3.58. The minimum Gasteiger partial charge on any atom is -0.266 e. The molecule has 7 heteroatoms. The fourth-order valence-corrected chi connectivity index (χ4v) is 2.99. The Kier molecular flexibility index (Phi) is 4.43. The first kappa shape index (κ1) is 15.7. The number of sulfonamides is 1. The highest BCUT2D eigenvalue weighted by Gasteiger charge is 2.15. The molecule has 0 aliphatic carbocycles. The van der Waals surface area contributed by atoms with E-state index in [0.29, 0.717) is 10.9 Å². The summed E-state index contributed by atoms with van der Waals surface area (Å²) < 4.78 is 24.0. The van der Waals surface area contributed by atoms with E-state index in [1.165, 1.54) is 16.9 Å². The van der Waals surface area contributed by atoms with Crippen LogP contribution in [0.1, 0.15) is 35.8 Å². The van der Waals surface area contributed by atoms with Crippen LogP contribution in [-0.4, -0.2) is 25.6 Å². The summed E-state index contributed by atoms with van der Waals surface area (Å²) in [5.41, 5.74) is 2.24. The molecular weight excluding hydrogens is 308 g/mol. The van der Waals surface area contributed by atoms with E-state index in [1.807, 2.05) is 29.0 Å². The van der Waals surface area contributed by atoms with Crippen LogP contribution in [-0.2, 0) is 10.0 Å². The highest BCUT2D eigenvalue weighted by Crippen LogP contribution is 2.25. The monoisotopic (exact) mass is 324 g/mol. The van der Waals surface area contributed by atoms with Crippen molar-refractivity contribution >= 4 is 27.3 Å². The van der Waals surface area contributed by atoms with Crippen molar-refractivity contribution in [3.05, 3.63) is 40.9 Å². The van der Waals surface area contributed by atoms with E-state index in [1.54, 1.807) is 5.38 Å². The predicted molar refractivity (Wildman–Crippen MR) is 83.9 cm³/mol. The summed E-state index contributed by atoms with van der Waals surface area (Å²) in [5.74, 6) is -0.259. The highest BCUT2D eigenvalue weighted by atomic mass is 32.2. The second kappa shape index (κ2) is 5.95. The average Bonchev–Trinajstić information content (AvgIpc) is 2.86. The first-order valence-electron chi connectivity index (χ1n) is 6.34. The smallest absolute Gasteiger partial charge is 0.266 e. The lowest BCUT2D eigenvalue weighted by molar-refractivity contribution is 0.0977. The Balaban J connectivity index is 2.21. The third-order valence-electron chi connectivity index (χ3n) is 2.84. The number of amides is 1. The van der Waals surface area contributed by atoms with Crippen LogP contribution in [0.15, 0.2) is 29.6 Å². The SMILES string of the molecule is CC(C)c1ccc(-c2nc(C(=O)NS(C)(=O)=O)cs2)cc1. The largest absolute Gasteiger partial charge is 0.284 e. The molecule has 0 spiro atoms. The molecule has 2 aromatic rings. The normalized spacial score (nSPS) is 11.6. The summed E-state index contributed by atoms with van der Waals surface area (Å²) in [6.45, 7) is 4.23. The number of carbonyl (C=O) groups is 1. The van der Waals surface area contributed by atoms with E-state index in [4.69, 9.17) is 0 Å². The topological polar surface area (TPSA) is 76.1 Å².